The molecular weight excluding hydrogens is 478 g/mol. The third kappa shape index (κ3) is 8.95. The molecule has 5 atom stereocenters. The van der Waals surface area contributed by atoms with E-state index in [0.717, 1.165) is 10.6 Å². The SMILES string of the molecule is C=C(C)OCC1OC(n2ccc(=O)[nH]c2=O)C(F)C1OPOCCOCCSC(=O)C(C)C. The van der Waals surface area contributed by atoms with Crippen molar-refractivity contribution in [1.82, 2.24) is 9.55 Å². The second kappa shape index (κ2) is 14.0. The molecule has 0 bridgehead atoms. The minimum absolute atomic E-state index is 0.0115. The maximum Gasteiger partial charge on any atom is 0.330 e. The van der Waals surface area contributed by atoms with Gasteiger partial charge in [0.2, 0.25) is 0 Å². The number of halogens is 1. The average Bonchev–Trinajstić information content (AvgIpc) is 3.06. The molecule has 1 aliphatic rings. The number of H-pyrrole nitrogens is 1. The molecule has 5 unspecified atom stereocenters. The highest BCUT2D eigenvalue weighted by atomic mass is 32.2. The predicted octanol–water partition coefficient (Wildman–Crippen LogP) is 2.17. The summed E-state index contributed by atoms with van der Waals surface area (Å²) in [6.45, 7) is 9.87. The first-order valence-corrected chi connectivity index (χ1v) is 12.2. The molecule has 0 radical (unpaired) electrons. The number of carbonyl (C=O) groups excluding carboxylic acids is 1. The summed E-state index contributed by atoms with van der Waals surface area (Å²) in [7, 11) is -0.498. The molecule has 0 saturated carbocycles. The van der Waals surface area contributed by atoms with Gasteiger partial charge in [0.05, 0.1) is 25.6 Å². The highest BCUT2D eigenvalue weighted by molar-refractivity contribution is 8.13. The first kappa shape index (κ1) is 27.7. The Bertz CT molecular complexity index is 895. The largest absolute Gasteiger partial charge is 0.496 e. The Hall–Kier alpha value is -1.56. The van der Waals surface area contributed by atoms with Gasteiger partial charge in [-0.2, -0.15) is 0 Å². The van der Waals surface area contributed by atoms with Gasteiger partial charge in [0, 0.05) is 23.9 Å². The van der Waals surface area contributed by atoms with Crippen LogP contribution in [0, 0.1) is 5.92 Å². The number of hydrogen-bond acceptors (Lipinski definition) is 9. The van der Waals surface area contributed by atoms with E-state index >= 15 is 4.39 Å². The molecule has 0 amide bonds. The second-order valence-electron chi connectivity index (χ2n) is 7.49. The van der Waals surface area contributed by atoms with Crippen molar-refractivity contribution in [1.29, 1.82) is 0 Å². The number of ether oxygens (including phenoxy) is 3. The lowest BCUT2D eigenvalue weighted by atomic mass is 10.1. The molecule has 1 fully saturated rings. The van der Waals surface area contributed by atoms with Gasteiger partial charge in [0.1, 0.15) is 18.8 Å². The van der Waals surface area contributed by atoms with E-state index in [2.05, 4.69) is 11.6 Å². The number of rotatable bonds is 14. The molecule has 1 saturated heterocycles. The summed E-state index contributed by atoms with van der Waals surface area (Å²) < 4.78 is 43.5. The lowest BCUT2D eigenvalue weighted by Gasteiger charge is -2.19. The minimum atomic E-state index is -1.71. The summed E-state index contributed by atoms with van der Waals surface area (Å²) in [5.74, 6) is 0.971. The lowest BCUT2D eigenvalue weighted by molar-refractivity contribution is -0.113. The van der Waals surface area contributed by atoms with Gasteiger partial charge in [-0.3, -0.25) is 19.1 Å². The Morgan fingerprint density at radius 3 is 2.79 bits per heavy atom. The molecule has 0 aromatic carbocycles. The molecule has 0 spiro atoms. The number of thioether (sulfide) groups is 1. The van der Waals surface area contributed by atoms with E-state index in [0.29, 0.717) is 24.7 Å². The summed E-state index contributed by atoms with van der Waals surface area (Å²) in [5.41, 5.74) is -1.39. The van der Waals surface area contributed by atoms with E-state index < -0.39 is 44.9 Å². The molecule has 13 heteroatoms. The fourth-order valence-corrected chi connectivity index (χ4v) is 4.11. The van der Waals surface area contributed by atoms with Gasteiger partial charge in [0.15, 0.2) is 26.5 Å². The van der Waals surface area contributed by atoms with Crippen molar-refractivity contribution in [3.05, 3.63) is 45.4 Å². The molecule has 1 N–H and O–H groups in total. The standard InChI is InChI=1S/C20H30FN2O8PS/c1-12(2)19(25)33-10-9-27-7-8-29-32-31-17-14(11-28-13(3)4)30-18(16(17)21)23-6-5-15(24)22-20(23)26/h5-6,12,14,16-18,32H,3,7-11H2,1-2,4H3,(H,22,24,26). The first-order valence-electron chi connectivity index (χ1n) is 10.4. The van der Waals surface area contributed by atoms with Crippen LogP contribution in [0.1, 0.15) is 27.0 Å². The predicted molar refractivity (Wildman–Crippen MR) is 123 cm³/mol. The molecule has 2 rings (SSSR count). The van der Waals surface area contributed by atoms with E-state index in [-0.39, 0.29) is 24.2 Å². The van der Waals surface area contributed by atoms with Gasteiger partial charge in [-0.1, -0.05) is 32.2 Å². The molecule has 2 heterocycles. The number of carbonyl (C=O) groups is 1. The molecule has 186 valence electrons. The zero-order valence-electron chi connectivity index (χ0n) is 18.8. The minimum Gasteiger partial charge on any atom is -0.496 e. The highest BCUT2D eigenvalue weighted by Gasteiger charge is 2.48. The van der Waals surface area contributed by atoms with Gasteiger partial charge < -0.3 is 23.3 Å². The third-order valence-electron chi connectivity index (χ3n) is 4.40. The number of nitrogens with one attached hydrogen (secondary N) is 1. The first-order chi connectivity index (χ1) is 15.7. The third-order valence-corrected chi connectivity index (χ3v) is 6.22. The summed E-state index contributed by atoms with van der Waals surface area (Å²) >= 11 is 1.23. The average molecular weight is 509 g/mol. The molecule has 10 nitrogen and oxygen atoms in total. The van der Waals surface area contributed by atoms with Crippen molar-refractivity contribution in [2.45, 2.75) is 45.4 Å². The highest BCUT2D eigenvalue weighted by Crippen LogP contribution is 2.36. The van der Waals surface area contributed by atoms with Crippen molar-refractivity contribution < 1.29 is 32.4 Å². The van der Waals surface area contributed by atoms with Crippen molar-refractivity contribution in [2.24, 2.45) is 5.92 Å². The number of hydrogen-bond donors (Lipinski definition) is 1. The van der Waals surface area contributed by atoms with Crippen LogP contribution in [0.5, 0.6) is 0 Å². The molecule has 33 heavy (non-hydrogen) atoms. The van der Waals surface area contributed by atoms with Gasteiger partial charge >= 0.3 is 5.69 Å². The smallest absolute Gasteiger partial charge is 0.330 e. The van der Waals surface area contributed by atoms with Crippen molar-refractivity contribution >= 4 is 25.9 Å². The number of alkyl halides is 1. The van der Waals surface area contributed by atoms with E-state index in [4.69, 9.17) is 23.3 Å². The monoisotopic (exact) mass is 508 g/mol. The quantitative estimate of drug-likeness (QED) is 0.229. The Balaban J connectivity index is 1.80. The van der Waals surface area contributed by atoms with Gasteiger partial charge in [-0.05, 0) is 6.92 Å². The van der Waals surface area contributed by atoms with Crippen LogP contribution in [0.4, 0.5) is 4.39 Å². The topological polar surface area (TPSA) is 118 Å². The summed E-state index contributed by atoms with van der Waals surface area (Å²) in [6.07, 6.45) is -3.73. The van der Waals surface area contributed by atoms with Crippen molar-refractivity contribution in [2.75, 3.05) is 32.2 Å². The molecule has 1 aromatic rings. The van der Waals surface area contributed by atoms with Crippen molar-refractivity contribution in [3.63, 3.8) is 0 Å². The fraction of sp³-hybridized carbons (Fsp3) is 0.650. The van der Waals surface area contributed by atoms with E-state index in [1.54, 1.807) is 6.92 Å². The van der Waals surface area contributed by atoms with Crippen LogP contribution in [0.25, 0.3) is 0 Å². The fourth-order valence-electron chi connectivity index (χ4n) is 2.75. The van der Waals surface area contributed by atoms with Crippen LogP contribution >= 0.6 is 20.8 Å². The Morgan fingerprint density at radius 2 is 2.12 bits per heavy atom. The van der Waals surface area contributed by atoms with Crippen LogP contribution in [0.2, 0.25) is 0 Å². The summed E-state index contributed by atoms with van der Waals surface area (Å²) in [4.78, 5) is 36.9. The molecule has 0 aliphatic carbocycles. The second-order valence-corrected chi connectivity index (χ2v) is 9.28. The van der Waals surface area contributed by atoms with Crippen LogP contribution in [0.15, 0.2) is 34.2 Å². The number of nitrogens with zero attached hydrogens (tertiary/aromatic N) is 1. The summed E-state index contributed by atoms with van der Waals surface area (Å²) in [5, 5.41) is 0.122. The van der Waals surface area contributed by atoms with Gasteiger partial charge in [0.25, 0.3) is 5.56 Å². The maximum atomic E-state index is 15.1. The van der Waals surface area contributed by atoms with E-state index in [1.807, 2.05) is 13.8 Å². The lowest BCUT2D eigenvalue weighted by Crippen LogP contribution is -2.36. The normalized spacial score (nSPS) is 22.9. The number of aromatic nitrogens is 2. The summed E-state index contributed by atoms with van der Waals surface area (Å²) in [6, 6.07) is 1.10. The van der Waals surface area contributed by atoms with Crippen LogP contribution in [0.3, 0.4) is 0 Å². The van der Waals surface area contributed by atoms with Gasteiger partial charge in [-0.25, -0.2) is 9.18 Å². The van der Waals surface area contributed by atoms with E-state index in [9.17, 15) is 14.4 Å². The Morgan fingerprint density at radius 1 is 1.36 bits per heavy atom. The van der Waals surface area contributed by atoms with Crippen LogP contribution < -0.4 is 11.2 Å². The molecule has 1 aromatic heterocycles. The maximum absolute atomic E-state index is 15.1. The Kier molecular flexibility index (Phi) is 11.7. The number of allylic oxidation sites excluding steroid dienone is 1. The molecule has 1 aliphatic heterocycles. The molecular formula is C20H30FN2O8PS. The zero-order chi connectivity index (χ0) is 24.4. The number of aromatic amines is 1. The Labute approximate surface area is 197 Å². The van der Waals surface area contributed by atoms with Crippen LogP contribution in [-0.2, 0) is 28.1 Å². The van der Waals surface area contributed by atoms with E-state index in [1.165, 1.54) is 18.0 Å². The van der Waals surface area contributed by atoms with Gasteiger partial charge in [-0.15, -0.1) is 0 Å². The van der Waals surface area contributed by atoms with Crippen LogP contribution in [-0.4, -0.2) is 65.2 Å². The zero-order valence-corrected chi connectivity index (χ0v) is 20.6. The van der Waals surface area contributed by atoms with Crippen molar-refractivity contribution in [3.8, 4) is 0 Å².